The Hall–Kier alpha value is -3.88. The summed E-state index contributed by atoms with van der Waals surface area (Å²) in [5.41, 5.74) is 9.32. The number of amidine groups is 1. The van der Waals surface area contributed by atoms with Crippen LogP contribution in [-0.4, -0.2) is 23.8 Å². The lowest BCUT2D eigenvalue weighted by atomic mass is 10.1. The highest BCUT2D eigenvalue weighted by atomic mass is 35.5. The Balaban J connectivity index is 0.00000289. The van der Waals surface area contributed by atoms with Crippen molar-refractivity contribution in [2.45, 2.75) is 11.3 Å². The summed E-state index contributed by atoms with van der Waals surface area (Å²) in [6.45, 7) is 0. The number of aryl methyl sites for hydroxylation is 1. The minimum absolute atomic E-state index is 0. The lowest BCUT2D eigenvalue weighted by Gasteiger charge is -2.09. The van der Waals surface area contributed by atoms with Gasteiger partial charge < -0.3 is 10.3 Å². The molecule has 7 nitrogen and oxygen atoms in total. The SMILES string of the molecule is Cl.Cn1c(Cc2ccc(C(=N)N)cc2)nc2cc(NS(=O)(=O)c3ccc4ccccc4c3)ccc21. The molecule has 0 unspecified atom stereocenters. The van der Waals surface area contributed by atoms with E-state index in [2.05, 4.69) is 4.72 Å². The fourth-order valence-electron chi connectivity index (χ4n) is 4.00. The van der Waals surface area contributed by atoms with Crippen LogP contribution in [0.5, 0.6) is 0 Å². The summed E-state index contributed by atoms with van der Waals surface area (Å²) < 4.78 is 30.7. The number of hydrogen-bond acceptors (Lipinski definition) is 4. The summed E-state index contributed by atoms with van der Waals surface area (Å²) in [4.78, 5) is 4.94. The van der Waals surface area contributed by atoms with Gasteiger partial charge in [-0.3, -0.25) is 10.1 Å². The lowest BCUT2D eigenvalue weighted by molar-refractivity contribution is 0.601. The second kappa shape index (κ2) is 9.40. The van der Waals surface area contributed by atoms with Gasteiger partial charge in [0.15, 0.2) is 0 Å². The van der Waals surface area contributed by atoms with E-state index in [0.29, 0.717) is 23.2 Å². The first-order chi connectivity index (χ1) is 16.3. The maximum Gasteiger partial charge on any atom is 0.261 e. The molecule has 9 heteroatoms. The molecule has 0 aliphatic carbocycles. The molecule has 0 spiro atoms. The van der Waals surface area contributed by atoms with Crippen molar-refractivity contribution in [3.8, 4) is 0 Å². The zero-order chi connectivity index (χ0) is 23.9. The smallest absolute Gasteiger partial charge is 0.261 e. The molecular weight excluding hydrogens is 482 g/mol. The highest BCUT2D eigenvalue weighted by Gasteiger charge is 2.16. The Kier molecular flexibility index (Phi) is 6.51. The molecule has 0 bridgehead atoms. The van der Waals surface area contributed by atoms with Gasteiger partial charge in [0, 0.05) is 19.0 Å². The van der Waals surface area contributed by atoms with Gasteiger partial charge in [0.25, 0.3) is 10.0 Å². The van der Waals surface area contributed by atoms with Crippen molar-refractivity contribution in [2.75, 3.05) is 4.72 Å². The van der Waals surface area contributed by atoms with Crippen LogP contribution in [0.1, 0.15) is 17.0 Å². The zero-order valence-electron chi connectivity index (χ0n) is 18.9. The Morgan fingerprint density at radius 2 is 1.69 bits per heavy atom. The minimum atomic E-state index is -3.75. The van der Waals surface area contributed by atoms with Crippen molar-refractivity contribution in [3.63, 3.8) is 0 Å². The average Bonchev–Trinajstić information content (AvgIpc) is 3.13. The third kappa shape index (κ3) is 4.84. The second-order valence-electron chi connectivity index (χ2n) is 8.19. The van der Waals surface area contributed by atoms with Crippen LogP contribution in [0.25, 0.3) is 21.8 Å². The van der Waals surface area contributed by atoms with Crippen LogP contribution in [0.4, 0.5) is 5.69 Å². The molecule has 5 rings (SSSR count). The number of fused-ring (bicyclic) bond motifs is 2. The van der Waals surface area contributed by atoms with Gasteiger partial charge in [0.2, 0.25) is 0 Å². The summed E-state index contributed by atoms with van der Waals surface area (Å²) in [5, 5.41) is 9.37. The normalized spacial score (nSPS) is 11.3. The number of nitrogen functional groups attached to an aromatic ring is 1. The van der Waals surface area contributed by atoms with E-state index in [9.17, 15) is 8.42 Å². The third-order valence-corrected chi connectivity index (χ3v) is 7.26. The van der Waals surface area contributed by atoms with E-state index < -0.39 is 10.0 Å². The molecule has 0 amide bonds. The summed E-state index contributed by atoms with van der Waals surface area (Å²) in [6.07, 6.45) is 0.599. The Morgan fingerprint density at radius 1 is 0.971 bits per heavy atom. The molecule has 0 atom stereocenters. The van der Waals surface area contributed by atoms with E-state index in [-0.39, 0.29) is 23.1 Å². The molecule has 0 saturated heterocycles. The largest absolute Gasteiger partial charge is 0.384 e. The molecule has 0 radical (unpaired) electrons. The van der Waals surface area contributed by atoms with Gasteiger partial charge in [-0.25, -0.2) is 13.4 Å². The summed E-state index contributed by atoms with van der Waals surface area (Å²) in [6, 6.07) is 25.6. The molecule has 0 aliphatic rings. The average molecular weight is 506 g/mol. The molecule has 0 aliphatic heterocycles. The van der Waals surface area contributed by atoms with Crippen molar-refractivity contribution in [1.82, 2.24) is 9.55 Å². The van der Waals surface area contributed by atoms with Crippen LogP contribution >= 0.6 is 12.4 Å². The first-order valence-corrected chi connectivity index (χ1v) is 12.2. The number of nitrogens with zero attached hydrogens (tertiary/aromatic N) is 2. The Labute approximate surface area is 209 Å². The van der Waals surface area contributed by atoms with Crippen LogP contribution in [-0.2, 0) is 23.5 Å². The quantitative estimate of drug-likeness (QED) is 0.226. The number of imidazole rings is 1. The van der Waals surface area contributed by atoms with Gasteiger partial charge in [-0.15, -0.1) is 12.4 Å². The number of anilines is 1. The monoisotopic (exact) mass is 505 g/mol. The predicted octanol–water partition coefficient (Wildman–Crippen LogP) is 4.82. The number of halogens is 1. The van der Waals surface area contributed by atoms with Crippen molar-refractivity contribution in [2.24, 2.45) is 12.8 Å². The fraction of sp³-hybridized carbons (Fsp3) is 0.0769. The molecule has 4 N–H and O–H groups in total. The van der Waals surface area contributed by atoms with Crippen LogP contribution in [0.2, 0.25) is 0 Å². The standard InChI is InChI=1S/C26H23N5O2S.ClH/c1-31-24-13-11-21(30-34(32,33)22-12-10-18-4-2-3-5-20(18)15-22)16-23(24)29-25(31)14-17-6-8-19(9-7-17)26(27)28;/h2-13,15-16,30H,14H2,1H3,(H3,27,28);1H. The first kappa shape index (κ1) is 24.3. The van der Waals surface area contributed by atoms with Gasteiger partial charge in [-0.2, -0.15) is 0 Å². The molecule has 178 valence electrons. The van der Waals surface area contributed by atoms with Crippen LogP contribution < -0.4 is 10.5 Å². The Bertz CT molecular complexity index is 1660. The van der Waals surface area contributed by atoms with E-state index in [1.54, 1.807) is 30.3 Å². The predicted molar refractivity (Wildman–Crippen MR) is 143 cm³/mol. The number of rotatable bonds is 6. The second-order valence-corrected chi connectivity index (χ2v) is 9.87. The van der Waals surface area contributed by atoms with Crippen molar-refractivity contribution in [1.29, 1.82) is 5.41 Å². The highest BCUT2D eigenvalue weighted by molar-refractivity contribution is 7.92. The molecule has 1 aromatic heterocycles. The van der Waals surface area contributed by atoms with Gasteiger partial charge >= 0.3 is 0 Å². The number of aromatic nitrogens is 2. The maximum atomic E-state index is 13.0. The van der Waals surface area contributed by atoms with Gasteiger partial charge in [-0.1, -0.05) is 54.6 Å². The summed E-state index contributed by atoms with van der Waals surface area (Å²) in [7, 11) is -1.81. The maximum absolute atomic E-state index is 13.0. The zero-order valence-corrected chi connectivity index (χ0v) is 20.5. The summed E-state index contributed by atoms with van der Waals surface area (Å²) >= 11 is 0. The molecule has 0 fully saturated rings. The van der Waals surface area contributed by atoms with Gasteiger partial charge in [0.05, 0.1) is 21.6 Å². The van der Waals surface area contributed by atoms with E-state index in [0.717, 1.165) is 27.7 Å². The number of sulfonamides is 1. The van der Waals surface area contributed by atoms with E-state index in [1.165, 1.54) is 0 Å². The van der Waals surface area contributed by atoms with Gasteiger partial charge in [0.1, 0.15) is 11.7 Å². The van der Waals surface area contributed by atoms with E-state index >= 15 is 0 Å². The minimum Gasteiger partial charge on any atom is -0.384 e. The molecule has 1 heterocycles. The lowest BCUT2D eigenvalue weighted by Crippen LogP contribution is -2.12. The van der Waals surface area contributed by atoms with Crippen LogP contribution in [0.15, 0.2) is 89.8 Å². The van der Waals surface area contributed by atoms with Crippen LogP contribution in [0.3, 0.4) is 0 Å². The highest BCUT2D eigenvalue weighted by Crippen LogP contribution is 2.25. The topological polar surface area (TPSA) is 114 Å². The number of nitrogens with one attached hydrogen (secondary N) is 2. The summed E-state index contributed by atoms with van der Waals surface area (Å²) in [5.74, 6) is 0.882. The van der Waals surface area contributed by atoms with Gasteiger partial charge in [-0.05, 0) is 46.7 Å². The first-order valence-electron chi connectivity index (χ1n) is 10.7. The molecule has 35 heavy (non-hydrogen) atoms. The number of hydrogen-bond donors (Lipinski definition) is 3. The van der Waals surface area contributed by atoms with Crippen molar-refractivity contribution >= 4 is 55.8 Å². The number of benzene rings is 4. The third-order valence-electron chi connectivity index (χ3n) is 5.88. The van der Waals surface area contributed by atoms with E-state index in [1.807, 2.05) is 66.2 Å². The number of nitrogens with two attached hydrogens (primary N) is 1. The molecule has 0 saturated carbocycles. The fourth-order valence-corrected chi connectivity index (χ4v) is 5.09. The van der Waals surface area contributed by atoms with Crippen molar-refractivity contribution in [3.05, 3.63) is 102 Å². The van der Waals surface area contributed by atoms with Crippen LogP contribution in [0, 0.1) is 5.41 Å². The van der Waals surface area contributed by atoms with E-state index in [4.69, 9.17) is 16.1 Å². The molecule has 4 aromatic carbocycles. The Morgan fingerprint density at radius 3 is 2.40 bits per heavy atom. The molecule has 5 aromatic rings. The van der Waals surface area contributed by atoms with Crippen molar-refractivity contribution < 1.29 is 8.42 Å². The molecular formula is C26H24ClN5O2S.